The van der Waals surface area contributed by atoms with E-state index in [1.165, 1.54) is 12.1 Å². The number of carbonyl (C=O) groups is 2. The van der Waals surface area contributed by atoms with Crippen LogP contribution in [0.1, 0.15) is 23.7 Å². The van der Waals surface area contributed by atoms with E-state index in [0.29, 0.717) is 5.56 Å². The molecule has 0 aromatic heterocycles. The van der Waals surface area contributed by atoms with Gasteiger partial charge in [-0.25, -0.2) is 0 Å². The van der Waals surface area contributed by atoms with Crippen LogP contribution in [0.5, 0.6) is 5.75 Å². The van der Waals surface area contributed by atoms with Gasteiger partial charge in [-0.05, 0) is 12.1 Å². The van der Waals surface area contributed by atoms with Crippen molar-refractivity contribution in [2.24, 2.45) is 0 Å². The molecule has 0 heterocycles. The number of hydrogen-bond acceptors (Lipinski definition) is 3. The van der Waals surface area contributed by atoms with Crippen molar-refractivity contribution >= 4 is 11.7 Å². The van der Waals surface area contributed by atoms with Crippen LogP contribution in [0.2, 0.25) is 0 Å². The van der Waals surface area contributed by atoms with E-state index in [9.17, 15) is 22.8 Å². The maximum Gasteiger partial charge on any atom is 0.405 e. The zero-order valence-electron chi connectivity index (χ0n) is 10.8. The molecule has 1 amide bonds. The van der Waals surface area contributed by atoms with E-state index in [0.717, 1.165) is 0 Å². The van der Waals surface area contributed by atoms with Gasteiger partial charge in [-0.2, -0.15) is 13.2 Å². The first-order valence-corrected chi connectivity index (χ1v) is 5.92. The molecule has 1 N–H and O–H groups in total. The van der Waals surface area contributed by atoms with Crippen LogP contribution >= 0.6 is 0 Å². The number of ketones is 1. The molecule has 0 spiro atoms. The summed E-state index contributed by atoms with van der Waals surface area (Å²) in [6.07, 6.45) is -4.20. The Labute approximate surface area is 113 Å². The van der Waals surface area contributed by atoms with Crippen LogP contribution in [0.15, 0.2) is 24.3 Å². The summed E-state index contributed by atoms with van der Waals surface area (Å²) in [5, 5.41) is 1.68. The lowest BCUT2D eigenvalue weighted by molar-refractivity contribution is -0.139. The van der Waals surface area contributed by atoms with Gasteiger partial charge in [0.1, 0.15) is 12.3 Å². The van der Waals surface area contributed by atoms with Crippen molar-refractivity contribution in [1.82, 2.24) is 5.32 Å². The molecule has 0 bridgehead atoms. The highest BCUT2D eigenvalue weighted by Crippen LogP contribution is 2.19. The summed E-state index contributed by atoms with van der Waals surface area (Å²) in [4.78, 5) is 22.8. The number of halogens is 3. The van der Waals surface area contributed by atoms with Crippen LogP contribution in [0.3, 0.4) is 0 Å². The number of hydrogen-bond donors (Lipinski definition) is 1. The predicted octanol–water partition coefficient (Wildman–Crippen LogP) is 2.34. The summed E-state index contributed by atoms with van der Waals surface area (Å²) < 4.78 is 40.8. The predicted molar refractivity (Wildman–Crippen MR) is 65.6 cm³/mol. The summed E-state index contributed by atoms with van der Waals surface area (Å²) >= 11 is 0. The summed E-state index contributed by atoms with van der Waals surface area (Å²) in [6.45, 7) is -0.316. The van der Waals surface area contributed by atoms with E-state index in [4.69, 9.17) is 4.74 Å². The third-order valence-electron chi connectivity index (χ3n) is 2.35. The van der Waals surface area contributed by atoms with Crippen molar-refractivity contribution in [1.29, 1.82) is 0 Å². The Bertz CT molecular complexity index is 486. The summed E-state index contributed by atoms with van der Waals surface area (Å²) in [5.74, 6) is -0.890. The topological polar surface area (TPSA) is 55.4 Å². The SMILES string of the molecule is CCC(=O)c1ccccc1OCC(=O)NCC(F)(F)F. The van der Waals surface area contributed by atoms with E-state index in [-0.39, 0.29) is 18.0 Å². The Kier molecular flexibility index (Phi) is 5.54. The third kappa shape index (κ3) is 5.29. The van der Waals surface area contributed by atoms with Gasteiger partial charge in [-0.15, -0.1) is 0 Å². The standard InChI is InChI=1S/C13H14F3NO3/c1-2-10(18)9-5-3-4-6-11(9)20-7-12(19)17-8-13(14,15)16/h3-6H,2,7-8H2,1H3,(H,17,19). The van der Waals surface area contributed by atoms with Gasteiger partial charge < -0.3 is 10.1 Å². The zero-order valence-corrected chi connectivity index (χ0v) is 10.8. The van der Waals surface area contributed by atoms with Crippen molar-refractivity contribution in [2.45, 2.75) is 19.5 Å². The second-order valence-corrected chi connectivity index (χ2v) is 3.95. The van der Waals surface area contributed by atoms with Crippen molar-refractivity contribution in [2.75, 3.05) is 13.2 Å². The Morgan fingerprint density at radius 1 is 1.25 bits per heavy atom. The molecule has 0 radical (unpaired) electrons. The van der Waals surface area contributed by atoms with Crippen molar-refractivity contribution in [3.05, 3.63) is 29.8 Å². The van der Waals surface area contributed by atoms with E-state index < -0.39 is 25.2 Å². The number of Topliss-reactive ketones (excluding diaryl/α,β-unsaturated/α-hetero) is 1. The molecule has 0 saturated heterocycles. The highest BCUT2D eigenvalue weighted by atomic mass is 19.4. The van der Waals surface area contributed by atoms with Crippen LogP contribution in [0.4, 0.5) is 13.2 Å². The average Bonchev–Trinajstić information content (AvgIpc) is 2.41. The summed E-state index contributed by atoms with van der Waals surface area (Å²) in [5.41, 5.74) is 0.304. The van der Waals surface area contributed by atoms with Crippen LogP contribution in [-0.4, -0.2) is 31.0 Å². The molecule has 0 aliphatic carbocycles. The smallest absolute Gasteiger partial charge is 0.405 e. The number of amides is 1. The average molecular weight is 289 g/mol. The molecule has 110 valence electrons. The number of alkyl halides is 3. The quantitative estimate of drug-likeness (QED) is 0.818. The first-order valence-electron chi connectivity index (χ1n) is 5.92. The monoisotopic (exact) mass is 289 g/mol. The van der Waals surface area contributed by atoms with Crippen molar-refractivity contribution in [3.8, 4) is 5.75 Å². The number of para-hydroxylation sites is 1. The Hall–Kier alpha value is -2.05. The minimum Gasteiger partial charge on any atom is -0.483 e. The van der Waals surface area contributed by atoms with Gasteiger partial charge in [0.15, 0.2) is 12.4 Å². The van der Waals surface area contributed by atoms with E-state index >= 15 is 0 Å². The molecule has 0 saturated carbocycles. The molecule has 0 atom stereocenters. The number of rotatable bonds is 6. The minimum absolute atomic E-state index is 0.170. The Morgan fingerprint density at radius 3 is 2.50 bits per heavy atom. The van der Waals surface area contributed by atoms with E-state index in [1.807, 2.05) is 0 Å². The molecular formula is C13H14F3NO3. The molecule has 0 fully saturated rings. The minimum atomic E-state index is -4.47. The van der Waals surface area contributed by atoms with Gasteiger partial charge in [0.25, 0.3) is 5.91 Å². The molecule has 1 aromatic carbocycles. The number of ether oxygens (including phenoxy) is 1. The molecule has 7 heteroatoms. The molecule has 0 aliphatic heterocycles. The molecule has 0 unspecified atom stereocenters. The first-order chi connectivity index (χ1) is 9.33. The molecular weight excluding hydrogens is 275 g/mol. The maximum absolute atomic E-state index is 11.9. The van der Waals surface area contributed by atoms with Gasteiger partial charge in [0.05, 0.1) is 5.56 Å². The lowest BCUT2D eigenvalue weighted by atomic mass is 10.1. The second-order valence-electron chi connectivity index (χ2n) is 3.95. The van der Waals surface area contributed by atoms with Crippen LogP contribution in [-0.2, 0) is 4.79 Å². The Morgan fingerprint density at radius 2 is 1.90 bits per heavy atom. The fourth-order valence-corrected chi connectivity index (χ4v) is 1.41. The van der Waals surface area contributed by atoms with Crippen LogP contribution in [0.25, 0.3) is 0 Å². The fraction of sp³-hybridized carbons (Fsp3) is 0.385. The Balaban J connectivity index is 2.58. The van der Waals surface area contributed by atoms with Crippen LogP contribution in [0, 0.1) is 0 Å². The number of nitrogens with one attached hydrogen (secondary N) is 1. The molecule has 1 aromatic rings. The van der Waals surface area contributed by atoms with E-state index in [2.05, 4.69) is 0 Å². The first kappa shape index (κ1) is 16.0. The highest BCUT2D eigenvalue weighted by Gasteiger charge is 2.27. The van der Waals surface area contributed by atoms with Crippen molar-refractivity contribution < 1.29 is 27.5 Å². The lowest BCUT2D eigenvalue weighted by Gasteiger charge is -2.11. The highest BCUT2D eigenvalue weighted by molar-refractivity contribution is 5.98. The number of benzene rings is 1. The molecule has 20 heavy (non-hydrogen) atoms. The van der Waals surface area contributed by atoms with Gasteiger partial charge in [0, 0.05) is 6.42 Å². The summed E-state index contributed by atoms with van der Waals surface area (Å²) in [6, 6.07) is 6.27. The third-order valence-corrected chi connectivity index (χ3v) is 2.35. The second kappa shape index (κ2) is 6.93. The van der Waals surface area contributed by atoms with E-state index in [1.54, 1.807) is 24.4 Å². The van der Waals surface area contributed by atoms with Crippen LogP contribution < -0.4 is 10.1 Å². The molecule has 0 aliphatic rings. The van der Waals surface area contributed by atoms with Gasteiger partial charge >= 0.3 is 6.18 Å². The number of carbonyl (C=O) groups excluding carboxylic acids is 2. The maximum atomic E-state index is 11.9. The van der Waals surface area contributed by atoms with Gasteiger partial charge in [-0.1, -0.05) is 19.1 Å². The largest absolute Gasteiger partial charge is 0.483 e. The fourth-order valence-electron chi connectivity index (χ4n) is 1.41. The van der Waals surface area contributed by atoms with Gasteiger partial charge in [0.2, 0.25) is 0 Å². The van der Waals surface area contributed by atoms with Gasteiger partial charge in [-0.3, -0.25) is 9.59 Å². The summed E-state index contributed by atoms with van der Waals surface area (Å²) in [7, 11) is 0. The molecule has 1 rings (SSSR count). The normalized spacial score (nSPS) is 11.0. The zero-order chi connectivity index (χ0) is 15.2. The lowest BCUT2D eigenvalue weighted by Crippen LogP contribution is -2.36. The van der Waals surface area contributed by atoms with Crippen molar-refractivity contribution in [3.63, 3.8) is 0 Å². The molecule has 4 nitrogen and oxygen atoms in total.